The van der Waals surface area contributed by atoms with Crippen LogP contribution < -0.4 is 5.73 Å². The third-order valence-electron chi connectivity index (χ3n) is 2.50. The monoisotopic (exact) mass is 219 g/mol. The molecule has 1 aliphatic rings. The van der Waals surface area contributed by atoms with Gasteiger partial charge in [-0.1, -0.05) is 0 Å². The van der Waals surface area contributed by atoms with E-state index in [0.29, 0.717) is 18.4 Å². The normalized spacial score (nSPS) is 19.8. The Bertz CT molecular complexity index is 341. The summed E-state index contributed by atoms with van der Waals surface area (Å²) in [4.78, 5) is 0. The summed E-state index contributed by atoms with van der Waals surface area (Å²) >= 11 is 0. The minimum atomic E-state index is -0.509. The molecule has 0 spiro atoms. The fourth-order valence-electron chi connectivity index (χ4n) is 1.83. The summed E-state index contributed by atoms with van der Waals surface area (Å²) in [5.41, 5.74) is 7.08. The zero-order chi connectivity index (χ0) is 9.42. The maximum atomic E-state index is 13.2. The molecule has 0 radical (unpaired) electrons. The van der Waals surface area contributed by atoms with E-state index in [1.807, 2.05) is 0 Å². The molecule has 1 unspecified atom stereocenters. The van der Waals surface area contributed by atoms with E-state index in [1.165, 1.54) is 6.07 Å². The molecule has 14 heavy (non-hydrogen) atoms. The molecule has 0 heterocycles. The van der Waals surface area contributed by atoms with Crippen molar-refractivity contribution in [3.63, 3.8) is 0 Å². The molecule has 0 bridgehead atoms. The summed E-state index contributed by atoms with van der Waals surface area (Å²) in [6.45, 7) is 0. The van der Waals surface area contributed by atoms with Crippen LogP contribution in [-0.4, -0.2) is 6.04 Å². The van der Waals surface area contributed by atoms with Crippen molar-refractivity contribution in [2.24, 2.45) is 5.73 Å². The van der Waals surface area contributed by atoms with Crippen LogP contribution >= 0.6 is 12.4 Å². The van der Waals surface area contributed by atoms with Crippen molar-refractivity contribution in [2.75, 3.05) is 0 Å². The Morgan fingerprint density at radius 3 is 2.71 bits per heavy atom. The van der Waals surface area contributed by atoms with E-state index in [0.717, 1.165) is 18.1 Å². The molecule has 1 atom stereocenters. The van der Waals surface area contributed by atoms with Crippen LogP contribution in [0.5, 0.6) is 0 Å². The number of hydrogen-bond acceptors (Lipinski definition) is 1. The third kappa shape index (κ3) is 2.04. The Balaban J connectivity index is 0.000000980. The SMILES string of the molecule is Cl.NC1CCc2c(F)cc(F)cc2C1. The van der Waals surface area contributed by atoms with Crippen LogP contribution in [0.2, 0.25) is 0 Å². The van der Waals surface area contributed by atoms with Crippen LogP contribution in [0.4, 0.5) is 8.78 Å². The van der Waals surface area contributed by atoms with Crippen LogP contribution in [0.1, 0.15) is 17.5 Å². The van der Waals surface area contributed by atoms with Gasteiger partial charge in [0, 0.05) is 12.1 Å². The van der Waals surface area contributed by atoms with Gasteiger partial charge in [0.05, 0.1) is 0 Å². The second kappa shape index (κ2) is 4.24. The third-order valence-corrected chi connectivity index (χ3v) is 2.50. The molecule has 4 heteroatoms. The van der Waals surface area contributed by atoms with Gasteiger partial charge in [0.2, 0.25) is 0 Å². The van der Waals surface area contributed by atoms with Gasteiger partial charge in [-0.2, -0.15) is 0 Å². The highest BCUT2D eigenvalue weighted by atomic mass is 35.5. The van der Waals surface area contributed by atoms with Crippen LogP contribution in [0, 0.1) is 11.6 Å². The number of halogens is 3. The van der Waals surface area contributed by atoms with E-state index in [4.69, 9.17) is 5.73 Å². The van der Waals surface area contributed by atoms with Gasteiger partial charge >= 0.3 is 0 Å². The fraction of sp³-hybridized carbons (Fsp3) is 0.400. The molecule has 1 aliphatic carbocycles. The van der Waals surface area contributed by atoms with E-state index in [-0.39, 0.29) is 18.4 Å². The molecule has 0 amide bonds. The maximum absolute atomic E-state index is 13.2. The number of nitrogens with two attached hydrogens (primary N) is 1. The zero-order valence-electron chi connectivity index (χ0n) is 7.59. The average molecular weight is 220 g/mol. The lowest BCUT2D eigenvalue weighted by Crippen LogP contribution is -2.28. The zero-order valence-corrected chi connectivity index (χ0v) is 8.41. The van der Waals surface area contributed by atoms with Crippen LogP contribution in [-0.2, 0) is 12.8 Å². The number of fused-ring (bicyclic) bond motifs is 1. The van der Waals surface area contributed by atoms with E-state index in [2.05, 4.69) is 0 Å². The van der Waals surface area contributed by atoms with Gasteiger partial charge in [-0.25, -0.2) is 8.78 Å². The Labute approximate surface area is 87.7 Å². The Morgan fingerprint density at radius 2 is 2.00 bits per heavy atom. The second-order valence-corrected chi connectivity index (χ2v) is 3.53. The summed E-state index contributed by atoms with van der Waals surface area (Å²) in [6, 6.07) is 2.38. The fourth-order valence-corrected chi connectivity index (χ4v) is 1.83. The predicted octanol–water partition coefficient (Wildman–Crippen LogP) is 2.20. The smallest absolute Gasteiger partial charge is 0.129 e. The summed E-state index contributed by atoms with van der Waals surface area (Å²) in [6.07, 6.45) is 2.00. The van der Waals surface area contributed by atoms with Crippen molar-refractivity contribution in [1.29, 1.82) is 0 Å². The summed E-state index contributed by atoms with van der Waals surface area (Å²) in [5.74, 6) is -0.938. The van der Waals surface area contributed by atoms with Crippen LogP contribution in [0.3, 0.4) is 0 Å². The van der Waals surface area contributed by atoms with Gasteiger partial charge in [0.1, 0.15) is 11.6 Å². The van der Waals surface area contributed by atoms with E-state index in [1.54, 1.807) is 0 Å². The molecule has 1 nitrogen and oxygen atoms in total. The molecule has 0 saturated carbocycles. The first-order valence-electron chi connectivity index (χ1n) is 4.39. The highest BCUT2D eigenvalue weighted by Gasteiger charge is 2.19. The van der Waals surface area contributed by atoms with Crippen molar-refractivity contribution in [3.05, 3.63) is 34.9 Å². The van der Waals surface area contributed by atoms with Gasteiger partial charge in [-0.15, -0.1) is 12.4 Å². The minimum absolute atomic E-state index is 0. The van der Waals surface area contributed by atoms with Crippen molar-refractivity contribution < 1.29 is 8.78 Å². The summed E-state index contributed by atoms with van der Waals surface area (Å²) < 4.78 is 26.0. The van der Waals surface area contributed by atoms with Gasteiger partial charge < -0.3 is 5.73 Å². The quantitative estimate of drug-likeness (QED) is 0.711. The standard InChI is InChI=1S/C10H11F2N.ClH/c11-7-3-6-4-8(13)1-2-9(6)10(12)5-7;/h3,5,8H,1-2,4,13H2;1H. The lowest BCUT2D eigenvalue weighted by Gasteiger charge is -2.21. The number of rotatable bonds is 0. The van der Waals surface area contributed by atoms with Gasteiger partial charge in [-0.3, -0.25) is 0 Å². The van der Waals surface area contributed by atoms with Crippen LogP contribution in [0.25, 0.3) is 0 Å². The maximum Gasteiger partial charge on any atom is 0.129 e. The van der Waals surface area contributed by atoms with Gasteiger partial charge in [-0.05, 0) is 36.5 Å². The van der Waals surface area contributed by atoms with Crippen molar-refractivity contribution in [3.8, 4) is 0 Å². The molecular formula is C10H12ClF2N. The van der Waals surface area contributed by atoms with E-state index in [9.17, 15) is 8.78 Å². The average Bonchev–Trinajstić information content (AvgIpc) is 2.02. The highest BCUT2D eigenvalue weighted by molar-refractivity contribution is 5.85. The Hall–Kier alpha value is -0.670. The van der Waals surface area contributed by atoms with Crippen LogP contribution in [0.15, 0.2) is 12.1 Å². The minimum Gasteiger partial charge on any atom is -0.327 e. The predicted molar refractivity (Wildman–Crippen MR) is 53.6 cm³/mol. The largest absolute Gasteiger partial charge is 0.327 e. The van der Waals surface area contributed by atoms with Crippen molar-refractivity contribution >= 4 is 12.4 Å². The van der Waals surface area contributed by atoms with Crippen molar-refractivity contribution in [1.82, 2.24) is 0 Å². The van der Waals surface area contributed by atoms with Crippen molar-refractivity contribution in [2.45, 2.75) is 25.3 Å². The molecule has 0 saturated heterocycles. The van der Waals surface area contributed by atoms with E-state index < -0.39 is 11.6 Å². The Morgan fingerprint density at radius 1 is 1.29 bits per heavy atom. The molecule has 0 aromatic heterocycles. The molecule has 0 aliphatic heterocycles. The molecule has 2 rings (SSSR count). The Kier molecular flexibility index (Phi) is 3.45. The first-order valence-corrected chi connectivity index (χ1v) is 4.39. The highest BCUT2D eigenvalue weighted by Crippen LogP contribution is 2.24. The molecule has 0 fully saturated rings. The first-order chi connectivity index (χ1) is 6.16. The number of hydrogen-bond donors (Lipinski definition) is 1. The topological polar surface area (TPSA) is 26.0 Å². The second-order valence-electron chi connectivity index (χ2n) is 3.53. The van der Waals surface area contributed by atoms with Gasteiger partial charge in [0.25, 0.3) is 0 Å². The lowest BCUT2D eigenvalue weighted by molar-refractivity contribution is 0.520. The molecule has 1 aromatic carbocycles. The lowest BCUT2D eigenvalue weighted by atomic mass is 9.88. The van der Waals surface area contributed by atoms with Gasteiger partial charge in [0.15, 0.2) is 0 Å². The summed E-state index contributed by atoms with van der Waals surface area (Å²) in [5, 5.41) is 0. The molecule has 1 aromatic rings. The number of benzene rings is 1. The van der Waals surface area contributed by atoms with E-state index >= 15 is 0 Å². The molecule has 2 N–H and O–H groups in total. The molecular weight excluding hydrogens is 208 g/mol. The molecule has 78 valence electrons. The first kappa shape index (κ1) is 11.4. The summed E-state index contributed by atoms with van der Waals surface area (Å²) in [7, 11) is 0.